The molecule has 0 bridgehead atoms. The van der Waals surface area contributed by atoms with Crippen molar-refractivity contribution in [1.29, 1.82) is 0 Å². The number of rotatable bonds is 7. The molecule has 0 atom stereocenters. The first-order valence-electron chi connectivity index (χ1n) is 9.95. The molecule has 1 aromatic heterocycles. The van der Waals surface area contributed by atoms with Crippen molar-refractivity contribution in [3.8, 4) is 0 Å². The molecule has 3 rings (SSSR count). The number of thiazole rings is 1. The van der Waals surface area contributed by atoms with E-state index in [1.807, 2.05) is 0 Å². The predicted molar refractivity (Wildman–Crippen MR) is 127 cm³/mol. The SMILES string of the molecule is CCOC(=O)Cn1c(=NC(=O)c2ccc(S(=O)(=O)N(C)C)cc2)sc2cc(S(C)(=O)=O)ccc21. The van der Waals surface area contributed by atoms with Crippen LogP contribution >= 0.6 is 11.3 Å². The van der Waals surface area contributed by atoms with Gasteiger partial charge in [0.25, 0.3) is 5.91 Å². The minimum Gasteiger partial charge on any atom is -0.465 e. The molecule has 0 saturated carbocycles. The standard InChI is InChI=1S/C21H23N3O7S3/c1-5-31-19(25)13-24-17-11-10-16(33(4,27)28)12-18(17)32-21(24)22-20(26)14-6-8-15(9-7-14)34(29,30)23(2)3/h6-12H,5,13H2,1-4H3. The van der Waals surface area contributed by atoms with E-state index in [4.69, 9.17) is 4.74 Å². The number of carbonyl (C=O) groups excluding carboxylic acids is 2. The van der Waals surface area contributed by atoms with E-state index in [-0.39, 0.29) is 33.3 Å². The Hall–Kier alpha value is -2.87. The summed E-state index contributed by atoms with van der Waals surface area (Å²) in [4.78, 5) is 29.4. The van der Waals surface area contributed by atoms with Crippen LogP contribution in [0.3, 0.4) is 0 Å². The Kier molecular flexibility index (Phi) is 7.41. The number of amides is 1. The van der Waals surface area contributed by atoms with E-state index < -0.39 is 31.7 Å². The molecule has 0 unspecified atom stereocenters. The summed E-state index contributed by atoms with van der Waals surface area (Å²) in [5.41, 5.74) is 0.666. The molecule has 182 valence electrons. The molecule has 0 fully saturated rings. The minimum absolute atomic E-state index is 0.0293. The molecule has 1 heterocycles. The third kappa shape index (κ3) is 5.43. The summed E-state index contributed by atoms with van der Waals surface area (Å²) in [5, 5.41) is 0. The second-order valence-corrected chi connectivity index (χ2v) is 12.6. The smallest absolute Gasteiger partial charge is 0.326 e. The van der Waals surface area contributed by atoms with E-state index in [2.05, 4.69) is 4.99 Å². The van der Waals surface area contributed by atoms with Gasteiger partial charge in [-0.05, 0) is 49.4 Å². The molecule has 0 saturated heterocycles. The molecule has 0 aliphatic carbocycles. The number of aromatic nitrogens is 1. The number of benzene rings is 2. The molecule has 13 heteroatoms. The Morgan fingerprint density at radius 3 is 2.21 bits per heavy atom. The maximum absolute atomic E-state index is 12.8. The number of carbonyl (C=O) groups is 2. The highest BCUT2D eigenvalue weighted by atomic mass is 32.2. The number of esters is 1. The van der Waals surface area contributed by atoms with Gasteiger partial charge in [-0.15, -0.1) is 0 Å². The van der Waals surface area contributed by atoms with Crippen molar-refractivity contribution in [2.45, 2.75) is 23.3 Å². The van der Waals surface area contributed by atoms with Gasteiger partial charge < -0.3 is 9.30 Å². The highest BCUT2D eigenvalue weighted by Crippen LogP contribution is 2.22. The van der Waals surface area contributed by atoms with Crippen molar-refractivity contribution >= 4 is 53.3 Å². The zero-order chi connectivity index (χ0) is 25.3. The fourth-order valence-corrected chi connectivity index (χ4v) is 5.68. The van der Waals surface area contributed by atoms with Crippen LogP contribution in [0.15, 0.2) is 57.2 Å². The highest BCUT2D eigenvalue weighted by Gasteiger charge is 2.18. The Morgan fingerprint density at radius 2 is 1.65 bits per heavy atom. The van der Waals surface area contributed by atoms with Crippen LogP contribution < -0.4 is 4.80 Å². The third-order valence-electron chi connectivity index (χ3n) is 4.75. The normalized spacial score (nSPS) is 12.9. The van der Waals surface area contributed by atoms with Gasteiger partial charge in [0.15, 0.2) is 14.6 Å². The summed E-state index contributed by atoms with van der Waals surface area (Å²) >= 11 is 1.05. The van der Waals surface area contributed by atoms with Crippen molar-refractivity contribution in [3.05, 3.63) is 52.8 Å². The van der Waals surface area contributed by atoms with Gasteiger partial charge in [-0.25, -0.2) is 21.1 Å². The summed E-state index contributed by atoms with van der Waals surface area (Å²) in [6.07, 6.45) is 1.09. The lowest BCUT2D eigenvalue weighted by Gasteiger charge is -2.11. The summed E-state index contributed by atoms with van der Waals surface area (Å²) in [6, 6.07) is 9.76. The predicted octanol–water partition coefficient (Wildman–Crippen LogP) is 1.66. The van der Waals surface area contributed by atoms with Crippen LogP contribution in [0, 0.1) is 0 Å². The summed E-state index contributed by atoms with van der Waals surface area (Å²) in [6.45, 7) is 1.62. The van der Waals surface area contributed by atoms with Gasteiger partial charge in [0, 0.05) is 25.9 Å². The number of fused-ring (bicyclic) bond motifs is 1. The molecule has 3 aromatic rings. The van der Waals surface area contributed by atoms with Gasteiger partial charge in [-0.1, -0.05) is 11.3 Å². The first kappa shape index (κ1) is 25.7. The first-order valence-corrected chi connectivity index (χ1v) is 14.1. The fourth-order valence-electron chi connectivity index (χ4n) is 2.99. The topological polar surface area (TPSA) is 132 Å². The van der Waals surface area contributed by atoms with E-state index in [1.165, 1.54) is 55.1 Å². The molecule has 0 aliphatic heterocycles. The zero-order valence-corrected chi connectivity index (χ0v) is 21.3. The van der Waals surface area contributed by atoms with Crippen LogP contribution in [0.2, 0.25) is 0 Å². The van der Waals surface area contributed by atoms with Crippen LogP contribution in [0.25, 0.3) is 10.2 Å². The minimum atomic E-state index is -3.65. The lowest BCUT2D eigenvalue weighted by Crippen LogP contribution is -2.23. The first-order chi connectivity index (χ1) is 15.8. The van der Waals surface area contributed by atoms with Gasteiger partial charge in [-0.3, -0.25) is 9.59 Å². The zero-order valence-electron chi connectivity index (χ0n) is 18.9. The Bertz CT molecular complexity index is 1530. The Balaban J connectivity index is 2.10. The molecule has 34 heavy (non-hydrogen) atoms. The van der Waals surface area contributed by atoms with Gasteiger partial charge in [0.2, 0.25) is 10.0 Å². The number of sulfonamides is 1. The molecule has 0 aliphatic rings. The Labute approximate surface area is 201 Å². The maximum atomic E-state index is 12.8. The van der Waals surface area contributed by atoms with E-state index in [9.17, 15) is 26.4 Å². The van der Waals surface area contributed by atoms with E-state index in [1.54, 1.807) is 13.0 Å². The van der Waals surface area contributed by atoms with Crippen LogP contribution in [0.1, 0.15) is 17.3 Å². The van der Waals surface area contributed by atoms with Crippen molar-refractivity contribution in [2.24, 2.45) is 4.99 Å². The molecule has 0 radical (unpaired) electrons. The molecular formula is C21H23N3O7S3. The average molecular weight is 526 g/mol. The number of sulfone groups is 1. The van der Waals surface area contributed by atoms with Crippen LogP contribution in [0.5, 0.6) is 0 Å². The quantitative estimate of drug-likeness (QED) is 0.429. The molecule has 2 aromatic carbocycles. The summed E-state index contributed by atoms with van der Waals surface area (Å²) in [5.74, 6) is -1.19. The number of hydrogen-bond donors (Lipinski definition) is 0. The van der Waals surface area contributed by atoms with Crippen LogP contribution in [0.4, 0.5) is 0 Å². The Morgan fingerprint density at radius 1 is 1.03 bits per heavy atom. The lowest BCUT2D eigenvalue weighted by atomic mass is 10.2. The third-order valence-corrected chi connectivity index (χ3v) is 8.73. The largest absolute Gasteiger partial charge is 0.465 e. The number of hydrogen-bond acceptors (Lipinski definition) is 8. The van der Waals surface area contributed by atoms with Crippen molar-refractivity contribution in [3.63, 3.8) is 0 Å². The van der Waals surface area contributed by atoms with Gasteiger partial charge >= 0.3 is 5.97 Å². The van der Waals surface area contributed by atoms with Gasteiger partial charge in [-0.2, -0.15) is 4.99 Å². The van der Waals surface area contributed by atoms with Gasteiger partial charge in [0.05, 0.1) is 26.6 Å². The second-order valence-electron chi connectivity index (χ2n) is 7.41. The average Bonchev–Trinajstić information content (AvgIpc) is 3.09. The van der Waals surface area contributed by atoms with Crippen LogP contribution in [-0.4, -0.2) is 64.5 Å². The molecule has 0 N–H and O–H groups in total. The van der Waals surface area contributed by atoms with Crippen LogP contribution in [-0.2, 0) is 35.9 Å². The fraction of sp³-hybridized carbons (Fsp3) is 0.286. The molecule has 10 nitrogen and oxygen atoms in total. The van der Waals surface area contributed by atoms with Crippen molar-refractivity contribution in [2.75, 3.05) is 27.0 Å². The summed E-state index contributed by atoms with van der Waals surface area (Å²) < 4.78 is 56.4. The number of nitrogens with zero attached hydrogens (tertiary/aromatic N) is 3. The van der Waals surface area contributed by atoms with Gasteiger partial charge in [0.1, 0.15) is 6.54 Å². The monoisotopic (exact) mass is 525 g/mol. The maximum Gasteiger partial charge on any atom is 0.326 e. The highest BCUT2D eigenvalue weighted by molar-refractivity contribution is 7.90. The molecule has 0 spiro atoms. The second kappa shape index (κ2) is 9.78. The lowest BCUT2D eigenvalue weighted by molar-refractivity contribution is -0.143. The molecular weight excluding hydrogens is 502 g/mol. The van der Waals surface area contributed by atoms with E-state index in [0.717, 1.165) is 21.9 Å². The van der Waals surface area contributed by atoms with Crippen molar-refractivity contribution < 1.29 is 31.2 Å². The summed E-state index contributed by atoms with van der Waals surface area (Å²) in [7, 11) is -4.30. The van der Waals surface area contributed by atoms with Crippen molar-refractivity contribution in [1.82, 2.24) is 8.87 Å². The number of ether oxygens (including phenoxy) is 1. The van der Waals surface area contributed by atoms with E-state index in [0.29, 0.717) is 10.2 Å². The van der Waals surface area contributed by atoms with E-state index >= 15 is 0 Å². The molecule has 1 amide bonds.